The lowest BCUT2D eigenvalue weighted by atomic mass is 9.90. The van der Waals surface area contributed by atoms with Crippen LogP contribution in [0.25, 0.3) is 0 Å². The normalized spacial score (nSPS) is 14.8. The molecule has 3 aromatic rings. The van der Waals surface area contributed by atoms with Crippen molar-refractivity contribution in [2.24, 2.45) is 5.92 Å². The summed E-state index contributed by atoms with van der Waals surface area (Å²) in [4.78, 5) is 15.0. The molecule has 0 radical (unpaired) electrons. The smallest absolute Gasteiger partial charge is 0.411 e. The van der Waals surface area contributed by atoms with E-state index in [1.54, 1.807) is 0 Å². The number of aryl methyl sites for hydroxylation is 1. The summed E-state index contributed by atoms with van der Waals surface area (Å²) in [5.41, 5.74) is 4.74. The van der Waals surface area contributed by atoms with Crippen molar-refractivity contribution >= 4 is 17.5 Å². The minimum atomic E-state index is -0.507. The van der Waals surface area contributed by atoms with Crippen LogP contribution in [0.5, 0.6) is 0 Å². The molecule has 1 fully saturated rings. The van der Waals surface area contributed by atoms with Gasteiger partial charge in [0.05, 0.1) is 6.10 Å². The number of carbonyl (C=O) groups excluding carboxylic acids is 1. The Morgan fingerprint density at radius 2 is 1.78 bits per heavy atom. The molecule has 1 unspecified atom stereocenters. The topological polar surface area (TPSA) is 61.8 Å². The first-order valence-electron chi connectivity index (χ1n) is 13.3. The van der Waals surface area contributed by atoms with E-state index in [0.29, 0.717) is 24.4 Å². The molecule has 1 atom stereocenters. The van der Waals surface area contributed by atoms with E-state index < -0.39 is 12.2 Å². The third-order valence-electron chi connectivity index (χ3n) is 7.20. The number of aliphatic hydroxyl groups excluding tert-OH is 1. The highest BCUT2D eigenvalue weighted by atomic mass is 19.1. The fraction of sp³-hybridized carbons (Fsp3) is 0.387. The monoisotopic (exact) mass is 504 g/mol. The van der Waals surface area contributed by atoms with Crippen molar-refractivity contribution in [1.82, 2.24) is 0 Å². The summed E-state index contributed by atoms with van der Waals surface area (Å²) >= 11 is 0. The number of anilines is 2. The zero-order chi connectivity index (χ0) is 26.0. The van der Waals surface area contributed by atoms with E-state index in [2.05, 4.69) is 16.3 Å². The Balaban J connectivity index is 1.36. The summed E-state index contributed by atoms with van der Waals surface area (Å²) in [6, 6.07) is 22.5. The van der Waals surface area contributed by atoms with Gasteiger partial charge in [-0.1, -0.05) is 55.5 Å². The second kappa shape index (κ2) is 13.2. The fourth-order valence-corrected chi connectivity index (χ4v) is 4.82. The maximum Gasteiger partial charge on any atom is 0.411 e. The van der Waals surface area contributed by atoms with Crippen LogP contribution in [-0.2, 0) is 24.2 Å². The average Bonchev–Trinajstić information content (AvgIpc) is 2.93. The molecule has 37 heavy (non-hydrogen) atoms. The Morgan fingerprint density at radius 1 is 1.05 bits per heavy atom. The largest absolute Gasteiger partial charge is 0.444 e. The maximum absolute atomic E-state index is 13.2. The lowest BCUT2D eigenvalue weighted by Crippen LogP contribution is -2.34. The van der Waals surface area contributed by atoms with Gasteiger partial charge >= 0.3 is 6.09 Å². The van der Waals surface area contributed by atoms with Crippen molar-refractivity contribution in [3.8, 4) is 0 Å². The van der Waals surface area contributed by atoms with Gasteiger partial charge in [-0.05, 0) is 79.0 Å². The van der Waals surface area contributed by atoms with Gasteiger partial charge in [0.25, 0.3) is 0 Å². The van der Waals surface area contributed by atoms with Crippen LogP contribution in [0.1, 0.15) is 49.3 Å². The molecule has 4 rings (SSSR count). The van der Waals surface area contributed by atoms with Crippen LogP contribution in [0.4, 0.5) is 20.6 Å². The number of amides is 1. The molecule has 0 saturated carbocycles. The van der Waals surface area contributed by atoms with Crippen LogP contribution in [0, 0.1) is 11.7 Å². The number of hydrogen-bond acceptors (Lipinski definition) is 4. The van der Waals surface area contributed by atoms with Crippen molar-refractivity contribution < 1.29 is 19.0 Å². The number of benzene rings is 3. The standard InChI is InChI=1S/C31H37FN2O3/c1-2-29(35)20-26-12-15-28(21-30(26)33-31(36)37-22-25-6-4-3-5-7-25)34-18-16-24(17-19-34)9-8-23-10-13-27(32)14-11-23/h3-7,10-15,21,24,29,35H,2,8-9,16-20,22H2,1H3,(H,33,36). The molecule has 1 heterocycles. The summed E-state index contributed by atoms with van der Waals surface area (Å²) in [6.07, 6.45) is 4.41. The van der Waals surface area contributed by atoms with E-state index in [0.717, 1.165) is 55.6 Å². The molecule has 5 nitrogen and oxygen atoms in total. The van der Waals surface area contributed by atoms with Crippen LogP contribution >= 0.6 is 0 Å². The van der Waals surface area contributed by atoms with Gasteiger partial charge in [0.15, 0.2) is 0 Å². The average molecular weight is 505 g/mol. The van der Waals surface area contributed by atoms with Crippen molar-refractivity contribution in [3.63, 3.8) is 0 Å². The molecule has 2 N–H and O–H groups in total. The Bertz CT molecular complexity index is 1130. The van der Waals surface area contributed by atoms with E-state index >= 15 is 0 Å². The Hall–Kier alpha value is -3.38. The number of nitrogens with zero attached hydrogens (tertiary/aromatic N) is 1. The van der Waals surface area contributed by atoms with Crippen LogP contribution in [0.2, 0.25) is 0 Å². The summed E-state index contributed by atoms with van der Waals surface area (Å²) in [5, 5.41) is 13.2. The second-order valence-electron chi connectivity index (χ2n) is 9.89. The van der Waals surface area contributed by atoms with Gasteiger partial charge in [0, 0.05) is 30.9 Å². The van der Waals surface area contributed by atoms with Crippen molar-refractivity contribution in [3.05, 3.63) is 95.3 Å². The minimum absolute atomic E-state index is 0.189. The van der Waals surface area contributed by atoms with Gasteiger partial charge in [0.1, 0.15) is 12.4 Å². The molecule has 1 saturated heterocycles. The number of piperidine rings is 1. The number of rotatable bonds is 10. The quantitative estimate of drug-likeness (QED) is 0.321. The molecule has 0 aliphatic carbocycles. The van der Waals surface area contributed by atoms with Gasteiger partial charge in [-0.15, -0.1) is 0 Å². The first-order chi connectivity index (χ1) is 18.0. The predicted molar refractivity (Wildman–Crippen MR) is 146 cm³/mol. The summed E-state index contributed by atoms with van der Waals surface area (Å²) in [5.74, 6) is 0.455. The lowest BCUT2D eigenvalue weighted by molar-refractivity contribution is 0.154. The van der Waals surface area contributed by atoms with Gasteiger partial charge in [-0.25, -0.2) is 9.18 Å². The highest BCUT2D eigenvalue weighted by Gasteiger charge is 2.21. The van der Waals surface area contributed by atoms with Crippen LogP contribution in [0.3, 0.4) is 0 Å². The van der Waals surface area contributed by atoms with Crippen LogP contribution in [0.15, 0.2) is 72.8 Å². The number of nitrogens with one attached hydrogen (secondary N) is 1. The highest BCUT2D eigenvalue weighted by molar-refractivity contribution is 5.86. The molecule has 6 heteroatoms. The first-order valence-corrected chi connectivity index (χ1v) is 13.3. The zero-order valence-electron chi connectivity index (χ0n) is 21.5. The van der Waals surface area contributed by atoms with Gasteiger partial charge in [-0.2, -0.15) is 0 Å². The SMILES string of the molecule is CCC(O)Cc1ccc(N2CCC(CCc3ccc(F)cc3)CC2)cc1NC(=O)OCc1ccccc1. The molecular weight excluding hydrogens is 467 g/mol. The maximum atomic E-state index is 13.2. The van der Waals surface area contributed by atoms with Crippen molar-refractivity contribution in [1.29, 1.82) is 0 Å². The summed E-state index contributed by atoms with van der Waals surface area (Å²) < 4.78 is 18.6. The van der Waals surface area contributed by atoms with E-state index in [1.165, 1.54) is 17.7 Å². The Labute approximate surface area is 219 Å². The number of ether oxygens (including phenoxy) is 1. The fourth-order valence-electron chi connectivity index (χ4n) is 4.82. The third kappa shape index (κ3) is 8.05. The molecular formula is C31H37FN2O3. The van der Waals surface area contributed by atoms with E-state index in [9.17, 15) is 14.3 Å². The molecule has 0 spiro atoms. The van der Waals surface area contributed by atoms with Crippen LogP contribution in [-0.4, -0.2) is 30.4 Å². The van der Waals surface area contributed by atoms with Crippen molar-refractivity contribution in [2.45, 2.75) is 58.2 Å². The van der Waals surface area contributed by atoms with Crippen LogP contribution < -0.4 is 10.2 Å². The van der Waals surface area contributed by atoms with Gasteiger partial charge < -0.3 is 14.7 Å². The Kier molecular flexibility index (Phi) is 9.55. The second-order valence-corrected chi connectivity index (χ2v) is 9.89. The summed E-state index contributed by atoms with van der Waals surface area (Å²) in [6.45, 7) is 4.04. The lowest BCUT2D eigenvalue weighted by Gasteiger charge is -2.34. The number of halogens is 1. The molecule has 3 aromatic carbocycles. The predicted octanol–water partition coefficient (Wildman–Crippen LogP) is 6.74. The minimum Gasteiger partial charge on any atom is -0.444 e. The molecule has 0 bridgehead atoms. The third-order valence-corrected chi connectivity index (χ3v) is 7.20. The first kappa shape index (κ1) is 26.7. The highest BCUT2D eigenvalue weighted by Crippen LogP contribution is 2.30. The van der Waals surface area contributed by atoms with Gasteiger partial charge in [0.2, 0.25) is 0 Å². The number of aliphatic hydroxyl groups is 1. The number of hydrogen-bond donors (Lipinski definition) is 2. The Morgan fingerprint density at radius 3 is 2.49 bits per heavy atom. The molecule has 1 amide bonds. The number of carbonyl (C=O) groups is 1. The molecule has 1 aliphatic heterocycles. The summed E-state index contributed by atoms with van der Waals surface area (Å²) in [7, 11) is 0. The van der Waals surface area contributed by atoms with Crippen molar-refractivity contribution in [2.75, 3.05) is 23.3 Å². The zero-order valence-corrected chi connectivity index (χ0v) is 21.5. The molecule has 1 aliphatic rings. The van der Waals surface area contributed by atoms with E-state index in [1.807, 2.05) is 61.5 Å². The van der Waals surface area contributed by atoms with Gasteiger partial charge in [-0.3, -0.25) is 5.32 Å². The molecule has 0 aromatic heterocycles. The van der Waals surface area contributed by atoms with E-state index in [-0.39, 0.29) is 12.4 Å². The molecule has 196 valence electrons. The van der Waals surface area contributed by atoms with E-state index in [4.69, 9.17) is 4.74 Å².